The number of phenolic OH excluding ortho intramolecular Hbond substituents is 1. The number of nitrogens with zero attached hydrogens (tertiary/aromatic N) is 4. The number of carbonyl (C=O) groups excluding carboxylic acids is 1. The van der Waals surface area contributed by atoms with E-state index in [0.717, 1.165) is 51.4 Å². The quantitative estimate of drug-likeness (QED) is 0.574. The topological polar surface area (TPSA) is 102 Å². The molecular formula is C25H30F3N5O3. The van der Waals surface area contributed by atoms with Gasteiger partial charge in [-0.15, -0.1) is 10.2 Å². The van der Waals surface area contributed by atoms with Gasteiger partial charge in [0.1, 0.15) is 11.6 Å². The van der Waals surface area contributed by atoms with Gasteiger partial charge in [-0.25, -0.2) is 0 Å². The summed E-state index contributed by atoms with van der Waals surface area (Å²) in [5, 5.41) is 31.4. The molecule has 2 saturated heterocycles. The van der Waals surface area contributed by atoms with E-state index in [9.17, 15) is 28.2 Å². The van der Waals surface area contributed by atoms with E-state index in [1.807, 2.05) is 4.90 Å². The molecule has 1 atom stereocenters. The van der Waals surface area contributed by atoms with Crippen LogP contribution in [-0.2, 0) is 11.0 Å². The Kier molecular flexibility index (Phi) is 6.32. The van der Waals surface area contributed by atoms with E-state index in [1.165, 1.54) is 6.07 Å². The van der Waals surface area contributed by atoms with Crippen molar-refractivity contribution in [3.8, 4) is 17.0 Å². The first-order chi connectivity index (χ1) is 17.0. The van der Waals surface area contributed by atoms with Gasteiger partial charge in [-0.1, -0.05) is 0 Å². The molecular weight excluding hydrogens is 475 g/mol. The average molecular weight is 506 g/mol. The van der Waals surface area contributed by atoms with Crippen LogP contribution in [0.4, 0.5) is 19.0 Å². The molecule has 2 aliphatic heterocycles. The van der Waals surface area contributed by atoms with Crippen molar-refractivity contribution in [2.75, 3.05) is 38.0 Å². The molecule has 0 radical (unpaired) electrons. The Bertz CT molecular complexity index is 1140. The largest absolute Gasteiger partial charge is 0.507 e. The van der Waals surface area contributed by atoms with Crippen LogP contribution in [0.1, 0.15) is 36.8 Å². The molecule has 1 aromatic heterocycles. The third-order valence-corrected chi connectivity index (χ3v) is 7.52. The molecule has 8 nitrogen and oxygen atoms in total. The van der Waals surface area contributed by atoms with Crippen LogP contribution in [0.25, 0.3) is 11.3 Å². The Hall–Kier alpha value is -2.92. The number of carbonyl (C=O) groups is 1. The summed E-state index contributed by atoms with van der Waals surface area (Å²) in [4.78, 5) is 16.7. The lowest BCUT2D eigenvalue weighted by Gasteiger charge is -2.58. The molecule has 1 spiro atoms. The molecule has 3 fully saturated rings. The molecule has 3 aliphatic rings. The fraction of sp³-hybridized carbons (Fsp3) is 0.560. The average Bonchev–Trinajstić information content (AvgIpc) is 2.75. The van der Waals surface area contributed by atoms with Crippen molar-refractivity contribution >= 4 is 11.7 Å². The number of aromatic nitrogens is 2. The summed E-state index contributed by atoms with van der Waals surface area (Å²) >= 11 is 0. The van der Waals surface area contributed by atoms with Gasteiger partial charge in [0, 0.05) is 36.7 Å². The predicted octanol–water partition coefficient (Wildman–Crippen LogP) is 3.04. The summed E-state index contributed by atoms with van der Waals surface area (Å²) in [6.45, 7) is 5.15. The van der Waals surface area contributed by atoms with Crippen LogP contribution in [0.3, 0.4) is 0 Å². The molecule has 1 aliphatic carbocycles. The van der Waals surface area contributed by atoms with Gasteiger partial charge >= 0.3 is 6.18 Å². The summed E-state index contributed by atoms with van der Waals surface area (Å²) in [7, 11) is 0. The Morgan fingerprint density at radius 3 is 2.61 bits per heavy atom. The first kappa shape index (κ1) is 24.8. The van der Waals surface area contributed by atoms with Gasteiger partial charge in [0.2, 0.25) is 5.91 Å². The molecule has 1 amide bonds. The molecule has 11 heteroatoms. The number of rotatable bonds is 5. The third kappa shape index (κ3) is 4.99. The van der Waals surface area contributed by atoms with Crippen LogP contribution < -0.4 is 5.32 Å². The van der Waals surface area contributed by atoms with Crippen molar-refractivity contribution in [2.45, 2.75) is 50.9 Å². The zero-order valence-corrected chi connectivity index (χ0v) is 20.1. The van der Waals surface area contributed by atoms with Gasteiger partial charge in [-0.3, -0.25) is 9.69 Å². The second kappa shape index (κ2) is 9.19. The minimum atomic E-state index is -4.54. The van der Waals surface area contributed by atoms with Gasteiger partial charge in [0.25, 0.3) is 0 Å². The summed E-state index contributed by atoms with van der Waals surface area (Å²) in [6.07, 6.45) is -1.31. The maximum Gasteiger partial charge on any atom is 0.416 e. The van der Waals surface area contributed by atoms with Crippen LogP contribution in [-0.4, -0.2) is 81.0 Å². The normalized spacial score (nSPS) is 22.2. The zero-order valence-electron chi connectivity index (χ0n) is 20.1. The molecule has 3 N–H and O–H groups in total. The number of aromatic hydroxyl groups is 1. The van der Waals surface area contributed by atoms with Crippen LogP contribution in [0.2, 0.25) is 0 Å². The van der Waals surface area contributed by atoms with Crippen LogP contribution in [0, 0.1) is 12.3 Å². The number of alkyl halides is 3. The van der Waals surface area contributed by atoms with E-state index >= 15 is 0 Å². The fourth-order valence-electron chi connectivity index (χ4n) is 5.69. The molecule has 1 aromatic carbocycles. The van der Waals surface area contributed by atoms with Crippen molar-refractivity contribution in [1.82, 2.24) is 20.0 Å². The van der Waals surface area contributed by atoms with E-state index in [-0.39, 0.29) is 29.0 Å². The number of anilines is 1. The molecule has 194 valence electrons. The van der Waals surface area contributed by atoms with E-state index in [1.54, 1.807) is 13.0 Å². The van der Waals surface area contributed by atoms with Gasteiger partial charge in [-0.2, -0.15) is 13.2 Å². The standard InChI is InChI=1S/C25H30F3N5O3/c1-15-7-21(30-31-23(15)19-5-4-16(8-20(19)35)25(26,27)28)29-17-3-2-6-32(11-17)12-22(36)33-13-24(14-33)9-18(34)10-24/h4-5,7-8,17-18,34-35H,2-3,6,9-14H2,1H3,(H,29,30)/t17-/m1/s1. The number of halogens is 3. The van der Waals surface area contributed by atoms with Gasteiger partial charge in [-0.05, 0) is 69.0 Å². The van der Waals surface area contributed by atoms with Gasteiger partial charge in [0.15, 0.2) is 0 Å². The molecule has 36 heavy (non-hydrogen) atoms. The van der Waals surface area contributed by atoms with Crippen molar-refractivity contribution in [3.05, 3.63) is 35.4 Å². The molecule has 0 unspecified atom stereocenters. The number of benzene rings is 1. The van der Waals surface area contributed by atoms with Crippen molar-refractivity contribution in [1.29, 1.82) is 0 Å². The number of likely N-dealkylation sites (tertiary alicyclic amines) is 2. The molecule has 5 rings (SSSR count). The van der Waals surface area contributed by atoms with Crippen LogP contribution >= 0.6 is 0 Å². The number of aliphatic hydroxyl groups excluding tert-OH is 1. The highest BCUT2D eigenvalue weighted by atomic mass is 19.4. The summed E-state index contributed by atoms with van der Waals surface area (Å²) in [5.41, 5.74) is 0.391. The van der Waals surface area contributed by atoms with Gasteiger partial charge in [0.05, 0.1) is 23.9 Å². The van der Waals surface area contributed by atoms with Crippen LogP contribution in [0.5, 0.6) is 5.75 Å². The molecule has 1 saturated carbocycles. The summed E-state index contributed by atoms with van der Waals surface area (Å²) < 4.78 is 38.7. The van der Waals surface area contributed by atoms with E-state index in [2.05, 4.69) is 20.4 Å². The number of aliphatic hydroxyl groups is 1. The Morgan fingerprint density at radius 1 is 1.22 bits per heavy atom. The van der Waals surface area contributed by atoms with Gasteiger partial charge < -0.3 is 20.4 Å². The third-order valence-electron chi connectivity index (χ3n) is 7.52. The lowest BCUT2D eigenvalue weighted by atomic mass is 9.62. The SMILES string of the molecule is Cc1cc(N[C@@H]2CCCN(CC(=O)N3CC4(CC(O)C4)C3)C2)nnc1-c1ccc(C(F)(F)F)cc1O. The minimum Gasteiger partial charge on any atom is -0.507 e. The Labute approximate surface area is 207 Å². The number of hydrogen-bond donors (Lipinski definition) is 3. The molecule has 3 heterocycles. The Morgan fingerprint density at radius 2 is 1.97 bits per heavy atom. The van der Waals surface area contributed by atoms with E-state index in [4.69, 9.17) is 0 Å². The highest BCUT2D eigenvalue weighted by molar-refractivity contribution is 5.79. The highest BCUT2D eigenvalue weighted by Crippen LogP contribution is 2.48. The lowest BCUT2D eigenvalue weighted by molar-refractivity contribution is -0.164. The number of hydrogen-bond acceptors (Lipinski definition) is 7. The van der Waals surface area contributed by atoms with Crippen molar-refractivity contribution < 1.29 is 28.2 Å². The maximum absolute atomic E-state index is 12.9. The predicted molar refractivity (Wildman–Crippen MR) is 126 cm³/mol. The number of piperidine rings is 1. The second-order valence-electron chi connectivity index (χ2n) is 10.5. The fourth-order valence-corrected chi connectivity index (χ4v) is 5.69. The highest BCUT2D eigenvalue weighted by Gasteiger charge is 2.53. The maximum atomic E-state index is 12.9. The second-order valence-corrected chi connectivity index (χ2v) is 10.5. The monoisotopic (exact) mass is 505 g/mol. The van der Waals surface area contributed by atoms with Crippen molar-refractivity contribution in [2.24, 2.45) is 5.41 Å². The van der Waals surface area contributed by atoms with E-state index < -0.39 is 17.5 Å². The summed E-state index contributed by atoms with van der Waals surface area (Å²) in [5.74, 6) is 0.158. The minimum absolute atomic E-state index is 0.0788. The number of phenols is 1. The first-order valence-corrected chi connectivity index (χ1v) is 12.2. The first-order valence-electron chi connectivity index (χ1n) is 12.2. The molecule has 2 aromatic rings. The van der Waals surface area contributed by atoms with Crippen LogP contribution in [0.15, 0.2) is 24.3 Å². The number of aryl methyl sites for hydroxylation is 1. The lowest BCUT2D eigenvalue weighted by Crippen LogP contribution is -2.66. The van der Waals surface area contributed by atoms with E-state index in [0.29, 0.717) is 36.2 Å². The smallest absolute Gasteiger partial charge is 0.416 e. The molecule has 0 bridgehead atoms. The summed E-state index contributed by atoms with van der Waals surface area (Å²) in [6, 6.07) is 4.64. The van der Waals surface area contributed by atoms with Crippen molar-refractivity contribution in [3.63, 3.8) is 0 Å². The zero-order chi connectivity index (χ0) is 25.7. The Balaban J connectivity index is 1.17. The number of nitrogens with one attached hydrogen (secondary N) is 1. The number of amides is 1.